The summed E-state index contributed by atoms with van der Waals surface area (Å²) in [5.74, 6) is 0. The fraction of sp³-hybridized carbons (Fsp3) is 0.154. The second-order valence-electron chi connectivity index (χ2n) is 4.90. The van der Waals surface area contributed by atoms with E-state index >= 15 is 0 Å². The Morgan fingerprint density at radius 3 is 3.04 bits per heavy atom. The van der Waals surface area contributed by atoms with Crippen molar-refractivity contribution >= 4 is 49.0 Å². The van der Waals surface area contributed by atoms with Gasteiger partial charge in [0.25, 0.3) is 10.0 Å². The molecular weight excluding hydrogens is 360 g/mol. The molecule has 2 N–H and O–H groups in total. The van der Waals surface area contributed by atoms with Crippen molar-refractivity contribution in [1.82, 2.24) is 13.4 Å². The Morgan fingerprint density at radius 1 is 1.43 bits per heavy atom. The molecule has 0 saturated heterocycles. The van der Waals surface area contributed by atoms with E-state index in [1.165, 1.54) is 28.2 Å². The zero-order valence-electron chi connectivity index (χ0n) is 11.6. The predicted molar refractivity (Wildman–Crippen MR) is 87.6 cm³/mol. The third-order valence-electron chi connectivity index (χ3n) is 3.56. The summed E-state index contributed by atoms with van der Waals surface area (Å²) in [5.41, 5.74) is 6.65. The van der Waals surface area contributed by atoms with Gasteiger partial charge in [0.05, 0.1) is 6.26 Å². The van der Waals surface area contributed by atoms with Gasteiger partial charge in [-0.15, -0.1) is 11.3 Å². The SMILES string of the molecule is NCCc1cn(S(=O)(=O)c2c(Cl)nc3sccn23)c2occc12. The Bertz CT molecular complexity index is 1120. The molecule has 120 valence electrons. The number of aromatic nitrogens is 3. The van der Waals surface area contributed by atoms with E-state index in [0.717, 1.165) is 14.9 Å². The predicted octanol–water partition coefficient (Wildman–Crippen LogP) is 2.34. The standard InChI is InChI=1S/C13H11ClN4O3S2/c14-10-12(17-4-6-22-13(17)16-10)23(19,20)18-7-8(1-3-15)9-2-5-21-11(9)18/h2,4-7H,1,3,15H2. The first-order valence-corrected chi connectivity index (χ1v) is 9.38. The van der Waals surface area contributed by atoms with Gasteiger partial charge in [0.1, 0.15) is 0 Å². The molecule has 0 unspecified atom stereocenters. The molecular formula is C13H11ClN4O3S2. The first-order valence-electron chi connectivity index (χ1n) is 6.68. The van der Waals surface area contributed by atoms with Crippen molar-refractivity contribution in [3.8, 4) is 0 Å². The molecule has 4 aromatic rings. The molecule has 0 radical (unpaired) electrons. The minimum absolute atomic E-state index is 0.0642. The van der Waals surface area contributed by atoms with Gasteiger partial charge >= 0.3 is 0 Å². The van der Waals surface area contributed by atoms with E-state index in [1.54, 1.807) is 17.6 Å². The van der Waals surface area contributed by atoms with E-state index < -0.39 is 10.0 Å². The molecule has 0 aliphatic heterocycles. The maximum absolute atomic E-state index is 13.1. The lowest BCUT2D eigenvalue weighted by Gasteiger charge is -2.05. The lowest BCUT2D eigenvalue weighted by molar-refractivity contribution is 0.567. The molecule has 4 heterocycles. The van der Waals surface area contributed by atoms with Crippen LogP contribution in [-0.4, -0.2) is 28.3 Å². The Kier molecular flexibility index (Phi) is 3.27. The zero-order chi connectivity index (χ0) is 16.2. The van der Waals surface area contributed by atoms with E-state index in [0.29, 0.717) is 17.9 Å². The monoisotopic (exact) mass is 370 g/mol. The Labute approximate surface area is 139 Å². The van der Waals surface area contributed by atoms with Crippen molar-refractivity contribution in [3.63, 3.8) is 0 Å². The van der Waals surface area contributed by atoms with Crippen molar-refractivity contribution in [2.75, 3.05) is 6.54 Å². The van der Waals surface area contributed by atoms with Crippen LogP contribution < -0.4 is 5.73 Å². The number of halogens is 1. The number of hydrogen-bond donors (Lipinski definition) is 1. The molecule has 0 amide bonds. The van der Waals surface area contributed by atoms with Gasteiger partial charge in [-0.2, -0.15) is 8.42 Å². The Morgan fingerprint density at radius 2 is 2.26 bits per heavy atom. The highest BCUT2D eigenvalue weighted by Crippen LogP contribution is 2.31. The van der Waals surface area contributed by atoms with Gasteiger partial charge in [-0.05, 0) is 24.6 Å². The number of furan rings is 1. The fourth-order valence-corrected chi connectivity index (χ4v) is 5.33. The lowest BCUT2D eigenvalue weighted by Crippen LogP contribution is -2.14. The molecule has 0 atom stereocenters. The van der Waals surface area contributed by atoms with E-state index in [9.17, 15) is 8.42 Å². The van der Waals surface area contributed by atoms with Gasteiger partial charge in [0.15, 0.2) is 10.1 Å². The van der Waals surface area contributed by atoms with Gasteiger partial charge in [-0.3, -0.25) is 4.40 Å². The second-order valence-corrected chi connectivity index (χ2v) is 7.86. The van der Waals surface area contributed by atoms with Crippen molar-refractivity contribution in [1.29, 1.82) is 0 Å². The van der Waals surface area contributed by atoms with Crippen molar-refractivity contribution in [2.45, 2.75) is 11.4 Å². The van der Waals surface area contributed by atoms with Crippen LogP contribution in [0, 0.1) is 0 Å². The summed E-state index contributed by atoms with van der Waals surface area (Å²) in [6, 6.07) is 1.73. The molecule has 0 fully saturated rings. The highest BCUT2D eigenvalue weighted by Gasteiger charge is 2.30. The van der Waals surface area contributed by atoms with Crippen molar-refractivity contribution in [2.24, 2.45) is 5.73 Å². The Hall–Kier alpha value is -1.81. The summed E-state index contributed by atoms with van der Waals surface area (Å²) < 4.78 is 34.1. The van der Waals surface area contributed by atoms with Crippen molar-refractivity contribution in [3.05, 3.63) is 40.8 Å². The minimum atomic E-state index is -3.96. The van der Waals surface area contributed by atoms with Gasteiger partial charge < -0.3 is 10.2 Å². The molecule has 0 bridgehead atoms. The van der Waals surface area contributed by atoms with Crippen LogP contribution in [0.15, 0.2) is 39.5 Å². The van der Waals surface area contributed by atoms with E-state index in [2.05, 4.69) is 4.98 Å². The van der Waals surface area contributed by atoms with Gasteiger partial charge in [-0.25, -0.2) is 8.96 Å². The maximum Gasteiger partial charge on any atom is 0.289 e. The molecule has 0 aromatic carbocycles. The summed E-state index contributed by atoms with van der Waals surface area (Å²) in [6.45, 7) is 0.409. The first-order chi connectivity index (χ1) is 11.0. The summed E-state index contributed by atoms with van der Waals surface area (Å²) in [6.07, 6.45) is 5.15. The highest BCUT2D eigenvalue weighted by atomic mass is 35.5. The summed E-state index contributed by atoms with van der Waals surface area (Å²) >= 11 is 7.37. The fourth-order valence-electron chi connectivity index (χ4n) is 2.58. The van der Waals surface area contributed by atoms with Crippen LogP contribution in [-0.2, 0) is 16.4 Å². The third-order valence-corrected chi connectivity index (χ3v) is 6.36. The summed E-state index contributed by atoms with van der Waals surface area (Å²) in [4.78, 5) is 4.59. The molecule has 0 aliphatic carbocycles. The van der Waals surface area contributed by atoms with Crippen LogP contribution in [0.2, 0.25) is 5.15 Å². The molecule has 23 heavy (non-hydrogen) atoms. The number of hydrogen-bond acceptors (Lipinski definition) is 6. The molecule has 4 aromatic heterocycles. The Balaban J connectivity index is 2.01. The van der Waals surface area contributed by atoms with Crippen LogP contribution in [0.25, 0.3) is 16.1 Å². The number of imidazole rings is 1. The average molecular weight is 371 g/mol. The molecule has 0 saturated carbocycles. The van der Waals surface area contributed by atoms with Crippen molar-refractivity contribution < 1.29 is 12.8 Å². The molecule has 0 aliphatic rings. The van der Waals surface area contributed by atoms with Gasteiger partial charge in [-0.1, -0.05) is 11.6 Å². The number of nitrogens with zero attached hydrogens (tertiary/aromatic N) is 3. The normalized spacial score (nSPS) is 12.6. The second kappa shape index (κ2) is 5.10. The quantitative estimate of drug-likeness (QED) is 0.594. The van der Waals surface area contributed by atoms with E-state index in [4.69, 9.17) is 21.8 Å². The number of thiazole rings is 1. The third kappa shape index (κ3) is 2.04. The van der Waals surface area contributed by atoms with E-state index in [1.807, 2.05) is 0 Å². The van der Waals surface area contributed by atoms with Crippen LogP contribution >= 0.6 is 22.9 Å². The zero-order valence-corrected chi connectivity index (χ0v) is 14.0. The first kappa shape index (κ1) is 14.8. The largest absolute Gasteiger partial charge is 0.447 e. The average Bonchev–Trinajstić information content (AvgIpc) is 3.19. The van der Waals surface area contributed by atoms with Gasteiger partial charge in [0.2, 0.25) is 10.7 Å². The molecule has 10 heteroatoms. The van der Waals surface area contributed by atoms with Crippen LogP contribution in [0.5, 0.6) is 0 Å². The maximum atomic E-state index is 13.1. The summed E-state index contributed by atoms with van der Waals surface area (Å²) in [5, 5.41) is 2.32. The summed E-state index contributed by atoms with van der Waals surface area (Å²) in [7, 11) is -3.96. The van der Waals surface area contributed by atoms with Crippen LogP contribution in [0.3, 0.4) is 0 Å². The van der Waals surface area contributed by atoms with E-state index in [-0.39, 0.29) is 15.9 Å². The van der Waals surface area contributed by atoms with Gasteiger partial charge in [0, 0.05) is 23.2 Å². The molecule has 7 nitrogen and oxygen atoms in total. The lowest BCUT2D eigenvalue weighted by atomic mass is 10.2. The smallest absolute Gasteiger partial charge is 0.289 e. The minimum Gasteiger partial charge on any atom is -0.447 e. The van der Waals surface area contributed by atoms with Crippen LogP contribution in [0.4, 0.5) is 0 Å². The number of fused-ring (bicyclic) bond motifs is 2. The molecule has 0 spiro atoms. The highest BCUT2D eigenvalue weighted by molar-refractivity contribution is 7.90. The number of rotatable bonds is 4. The molecule has 4 rings (SSSR count). The number of nitrogens with two attached hydrogens (primary N) is 1. The van der Waals surface area contributed by atoms with Crippen LogP contribution in [0.1, 0.15) is 5.56 Å². The topological polar surface area (TPSA) is 95.5 Å².